The Morgan fingerprint density at radius 1 is 1.00 bits per heavy atom. The van der Waals surface area contributed by atoms with Crippen LogP contribution in [0.5, 0.6) is 0 Å². The predicted octanol–water partition coefficient (Wildman–Crippen LogP) is 2.36. The Labute approximate surface area is 128 Å². The van der Waals surface area contributed by atoms with E-state index in [0.717, 1.165) is 16.7 Å². The normalized spacial score (nSPS) is 13.3. The molecule has 5 nitrogen and oxygen atoms in total. The summed E-state index contributed by atoms with van der Waals surface area (Å²) in [6, 6.07) is 17.3. The number of ketones is 1. The van der Waals surface area contributed by atoms with Crippen LogP contribution in [0.15, 0.2) is 54.2 Å². The van der Waals surface area contributed by atoms with E-state index in [0.29, 0.717) is 17.0 Å². The van der Waals surface area contributed by atoms with E-state index in [4.69, 9.17) is 5.26 Å². The van der Waals surface area contributed by atoms with Gasteiger partial charge in [0.05, 0.1) is 5.70 Å². The van der Waals surface area contributed by atoms with Gasteiger partial charge in [0.25, 0.3) is 0 Å². The number of hydrogen-bond acceptors (Lipinski definition) is 5. The highest BCUT2D eigenvalue weighted by atomic mass is 16.1. The van der Waals surface area contributed by atoms with E-state index in [1.807, 2.05) is 48.5 Å². The number of nitrogens with one attached hydrogen (secondary N) is 3. The summed E-state index contributed by atoms with van der Waals surface area (Å²) in [7, 11) is 0. The van der Waals surface area contributed by atoms with E-state index in [9.17, 15) is 4.79 Å². The summed E-state index contributed by atoms with van der Waals surface area (Å²) in [5, 5.41) is 9.04. The summed E-state index contributed by atoms with van der Waals surface area (Å²) < 4.78 is 0. The molecule has 3 rings (SSSR count). The molecule has 0 saturated carbocycles. The van der Waals surface area contributed by atoms with Crippen LogP contribution < -0.4 is 16.4 Å². The molecule has 2 aromatic carbocycles. The molecule has 1 aliphatic heterocycles. The van der Waals surface area contributed by atoms with Gasteiger partial charge >= 0.3 is 0 Å². The smallest absolute Gasteiger partial charge is 0.160 e. The third kappa shape index (κ3) is 2.43. The molecule has 0 saturated heterocycles. The SMILES string of the molecule is CC(=O)c1ccccc1-c1ccc(C2=C(C#N)NNN2)cc1. The van der Waals surface area contributed by atoms with E-state index >= 15 is 0 Å². The zero-order valence-electron chi connectivity index (χ0n) is 12.0. The van der Waals surface area contributed by atoms with Crippen molar-refractivity contribution in [3.05, 3.63) is 65.4 Å². The van der Waals surface area contributed by atoms with Gasteiger partial charge in [-0.3, -0.25) is 10.2 Å². The average molecular weight is 290 g/mol. The Kier molecular flexibility index (Phi) is 3.60. The Hall–Kier alpha value is -3.10. The van der Waals surface area contributed by atoms with Crippen molar-refractivity contribution in [2.75, 3.05) is 0 Å². The second kappa shape index (κ2) is 5.72. The molecule has 108 valence electrons. The topological polar surface area (TPSA) is 77.0 Å². The van der Waals surface area contributed by atoms with E-state index in [1.54, 1.807) is 6.92 Å². The van der Waals surface area contributed by atoms with E-state index < -0.39 is 0 Å². The number of rotatable bonds is 3. The molecule has 2 aromatic rings. The van der Waals surface area contributed by atoms with Gasteiger partial charge in [0, 0.05) is 11.1 Å². The van der Waals surface area contributed by atoms with Crippen LogP contribution >= 0.6 is 0 Å². The lowest BCUT2D eigenvalue weighted by Gasteiger charge is -2.09. The van der Waals surface area contributed by atoms with Gasteiger partial charge in [0.1, 0.15) is 6.07 Å². The summed E-state index contributed by atoms with van der Waals surface area (Å²) in [6.45, 7) is 1.57. The Morgan fingerprint density at radius 2 is 1.68 bits per heavy atom. The van der Waals surface area contributed by atoms with Crippen molar-refractivity contribution < 1.29 is 4.79 Å². The third-order valence-corrected chi connectivity index (χ3v) is 3.53. The van der Waals surface area contributed by atoms with Gasteiger partial charge in [0.15, 0.2) is 11.5 Å². The molecule has 1 heterocycles. The number of carbonyl (C=O) groups is 1. The Bertz CT molecular complexity index is 800. The second-order valence-electron chi connectivity index (χ2n) is 4.92. The largest absolute Gasteiger partial charge is 0.301 e. The first kappa shape index (κ1) is 13.9. The van der Waals surface area contributed by atoms with Crippen molar-refractivity contribution in [3.8, 4) is 17.2 Å². The summed E-state index contributed by atoms with van der Waals surface area (Å²) in [5.74, 6) is 0.0417. The van der Waals surface area contributed by atoms with Gasteiger partial charge in [-0.1, -0.05) is 48.5 Å². The minimum Gasteiger partial charge on any atom is -0.301 e. The van der Waals surface area contributed by atoms with Gasteiger partial charge < -0.3 is 5.43 Å². The molecular formula is C17H14N4O. The lowest BCUT2D eigenvalue weighted by molar-refractivity contribution is 0.101. The Balaban J connectivity index is 2.00. The fourth-order valence-electron chi connectivity index (χ4n) is 2.44. The first-order chi connectivity index (χ1) is 10.7. The van der Waals surface area contributed by atoms with Gasteiger partial charge in [-0.2, -0.15) is 5.26 Å². The maximum Gasteiger partial charge on any atom is 0.160 e. The standard InChI is InChI=1S/C17H14N4O/c1-11(22)14-4-2-3-5-15(14)12-6-8-13(9-7-12)17-16(10-18)19-21-20-17/h2-9,19-21H,1H3. The molecule has 0 spiro atoms. The zero-order chi connectivity index (χ0) is 15.5. The lowest BCUT2D eigenvalue weighted by atomic mass is 9.96. The van der Waals surface area contributed by atoms with Crippen molar-refractivity contribution in [1.29, 1.82) is 5.26 Å². The number of Topliss-reactive ketones (excluding diaryl/α,β-unsaturated/α-hetero) is 1. The molecule has 0 unspecified atom stereocenters. The van der Waals surface area contributed by atoms with Crippen LogP contribution in [0, 0.1) is 11.3 Å². The number of nitriles is 1. The molecule has 1 aliphatic rings. The number of hydrogen-bond donors (Lipinski definition) is 3. The molecule has 0 radical (unpaired) electrons. The van der Waals surface area contributed by atoms with Crippen LogP contribution in [-0.4, -0.2) is 5.78 Å². The third-order valence-electron chi connectivity index (χ3n) is 3.53. The summed E-state index contributed by atoms with van der Waals surface area (Å²) in [4.78, 5) is 11.7. The molecule has 0 atom stereocenters. The highest BCUT2D eigenvalue weighted by molar-refractivity contribution is 6.00. The number of allylic oxidation sites excluding steroid dienone is 1. The van der Waals surface area contributed by atoms with Gasteiger partial charge in [-0.15, -0.1) is 5.53 Å². The van der Waals surface area contributed by atoms with Crippen LogP contribution in [-0.2, 0) is 0 Å². The van der Waals surface area contributed by atoms with Crippen molar-refractivity contribution in [3.63, 3.8) is 0 Å². The highest BCUT2D eigenvalue weighted by Crippen LogP contribution is 2.26. The summed E-state index contributed by atoms with van der Waals surface area (Å²) in [6.07, 6.45) is 0. The molecule has 0 amide bonds. The minimum atomic E-state index is 0.0417. The Morgan fingerprint density at radius 3 is 2.36 bits per heavy atom. The minimum absolute atomic E-state index is 0.0417. The number of hydrazine groups is 2. The van der Waals surface area contributed by atoms with Crippen LogP contribution in [0.25, 0.3) is 16.8 Å². The fourth-order valence-corrected chi connectivity index (χ4v) is 2.44. The van der Waals surface area contributed by atoms with Gasteiger partial charge in [-0.05, 0) is 18.1 Å². The lowest BCUT2D eigenvalue weighted by Crippen LogP contribution is -2.32. The molecule has 22 heavy (non-hydrogen) atoms. The molecule has 0 aromatic heterocycles. The zero-order valence-corrected chi connectivity index (χ0v) is 12.0. The van der Waals surface area contributed by atoms with Crippen LogP contribution in [0.2, 0.25) is 0 Å². The molecule has 3 N–H and O–H groups in total. The van der Waals surface area contributed by atoms with Crippen molar-refractivity contribution in [2.45, 2.75) is 6.92 Å². The second-order valence-corrected chi connectivity index (χ2v) is 4.92. The quantitative estimate of drug-likeness (QED) is 0.756. The molecule has 0 bridgehead atoms. The van der Waals surface area contributed by atoms with Crippen LogP contribution in [0.3, 0.4) is 0 Å². The van der Waals surface area contributed by atoms with E-state index in [1.165, 1.54) is 0 Å². The maximum absolute atomic E-state index is 11.7. The predicted molar refractivity (Wildman–Crippen MR) is 83.8 cm³/mol. The molecule has 0 fully saturated rings. The van der Waals surface area contributed by atoms with Crippen molar-refractivity contribution in [1.82, 2.24) is 16.4 Å². The first-order valence-corrected chi connectivity index (χ1v) is 6.83. The molecule has 5 heteroatoms. The monoisotopic (exact) mass is 290 g/mol. The van der Waals surface area contributed by atoms with Crippen LogP contribution in [0.4, 0.5) is 0 Å². The number of nitrogens with zero attached hydrogens (tertiary/aromatic N) is 1. The van der Waals surface area contributed by atoms with Crippen LogP contribution in [0.1, 0.15) is 22.8 Å². The molecular weight excluding hydrogens is 276 g/mol. The van der Waals surface area contributed by atoms with Crippen molar-refractivity contribution in [2.24, 2.45) is 0 Å². The maximum atomic E-state index is 11.7. The first-order valence-electron chi connectivity index (χ1n) is 6.83. The number of carbonyl (C=O) groups excluding carboxylic acids is 1. The summed E-state index contributed by atoms with van der Waals surface area (Å²) >= 11 is 0. The fraction of sp³-hybridized carbons (Fsp3) is 0.0588. The molecule has 0 aliphatic carbocycles. The van der Waals surface area contributed by atoms with E-state index in [-0.39, 0.29) is 5.78 Å². The number of benzene rings is 2. The average Bonchev–Trinajstić information content (AvgIpc) is 3.03. The van der Waals surface area contributed by atoms with Gasteiger partial charge in [0.2, 0.25) is 0 Å². The summed E-state index contributed by atoms with van der Waals surface area (Å²) in [5.41, 5.74) is 13.0. The van der Waals surface area contributed by atoms with Crippen molar-refractivity contribution >= 4 is 11.5 Å². The highest BCUT2D eigenvalue weighted by Gasteiger charge is 2.15. The van der Waals surface area contributed by atoms with Gasteiger partial charge in [-0.25, -0.2) is 0 Å². The van der Waals surface area contributed by atoms with E-state index in [2.05, 4.69) is 22.5 Å².